The molecule has 6 aromatic carbocycles. The van der Waals surface area contributed by atoms with Crippen molar-refractivity contribution >= 4 is 103 Å². The number of carbonyl (C=O) groups excluding carboxylic acids is 4. The zero-order valence-corrected chi connectivity index (χ0v) is 58.2. The van der Waals surface area contributed by atoms with Crippen LogP contribution in [0.1, 0.15) is 53.7 Å². The molecule has 0 unspecified atom stereocenters. The lowest BCUT2D eigenvalue weighted by molar-refractivity contribution is -0.00285. The quantitative estimate of drug-likeness (QED) is 0.0338. The molecule has 30 heteroatoms. The zero-order valence-electron chi connectivity index (χ0n) is 55.2. The van der Waals surface area contributed by atoms with Crippen LogP contribution >= 0.6 is 46.4 Å². The lowest BCUT2D eigenvalue weighted by atomic mass is 9.85. The first-order valence-corrected chi connectivity index (χ1v) is 32.5. The first-order chi connectivity index (χ1) is 48.2. The van der Waals surface area contributed by atoms with E-state index in [4.69, 9.17) is 62.3 Å². The maximum absolute atomic E-state index is 13.2. The Hall–Kier alpha value is -9.77. The number of piperidine rings is 3. The number of benzene rings is 6. The minimum absolute atomic E-state index is 0.0188. The maximum Gasteiger partial charge on any atom is 0.513 e. The van der Waals surface area contributed by atoms with E-state index >= 15 is 0 Å². The van der Waals surface area contributed by atoms with Gasteiger partial charge < -0.3 is 91.7 Å². The summed E-state index contributed by atoms with van der Waals surface area (Å²) in [6, 6.07) is 27.7. The molecule has 26 nitrogen and oxygen atoms in total. The van der Waals surface area contributed by atoms with Crippen LogP contribution in [0.25, 0.3) is 66.9 Å². The van der Waals surface area contributed by atoms with Crippen LogP contribution in [-0.4, -0.2) is 176 Å². The predicted molar refractivity (Wildman–Crippen MR) is 374 cm³/mol. The number of carbonyl (C=O) groups is 4. The predicted octanol–water partition coefficient (Wildman–Crippen LogP) is 12.9. The van der Waals surface area contributed by atoms with Gasteiger partial charge in [0.05, 0.1) is 49.6 Å². The second-order valence-corrected chi connectivity index (χ2v) is 25.2. The number of likely N-dealkylation sites (tertiary alicyclic amines) is 3. The molecule has 3 fully saturated rings. The Morgan fingerprint density at radius 1 is 0.446 bits per heavy atom. The minimum Gasteiger partial charge on any atom is -0.507 e. The van der Waals surface area contributed by atoms with E-state index < -0.39 is 87.7 Å². The Morgan fingerprint density at radius 2 is 0.772 bits per heavy atom. The van der Waals surface area contributed by atoms with Gasteiger partial charge in [0.2, 0.25) is 0 Å². The van der Waals surface area contributed by atoms with Crippen LogP contribution in [-0.2, 0) is 28.4 Å². The van der Waals surface area contributed by atoms with Crippen LogP contribution in [0.15, 0.2) is 137 Å². The van der Waals surface area contributed by atoms with Gasteiger partial charge in [-0.2, -0.15) is 0 Å². The smallest absolute Gasteiger partial charge is 0.507 e. The molecule has 3 aromatic heterocycles. The first kappa shape index (κ1) is 75.4. The monoisotopic (exact) mass is 1470 g/mol. The van der Waals surface area contributed by atoms with E-state index in [-0.39, 0.29) is 84.3 Å². The summed E-state index contributed by atoms with van der Waals surface area (Å²) in [5.41, 5.74) is 0.193. The van der Waals surface area contributed by atoms with Crippen molar-refractivity contribution in [2.45, 2.75) is 55.3 Å². The normalized spacial score (nSPS) is 18.5. The number of β-amino-alcohol motifs (C(OH)–C–C–N with tert-alkyl or cyclic N) is 1. The van der Waals surface area contributed by atoms with Crippen LogP contribution in [0.5, 0.6) is 34.5 Å². The minimum atomic E-state index is -1.04. The van der Waals surface area contributed by atoms with Crippen molar-refractivity contribution in [1.29, 1.82) is 0 Å². The number of hydrogen-bond acceptors (Lipinski definition) is 26. The second kappa shape index (κ2) is 33.1. The van der Waals surface area contributed by atoms with Crippen LogP contribution in [0.4, 0.5) is 19.2 Å². The number of hydrogen-bond donors (Lipinski definition) is 6. The fourth-order valence-electron chi connectivity index (χ4n) is 12.4. The van der Waals surface area contributed by atoms with Crippen molar-refractivity contribution in [2.75, 3.05) is 88.9 Å². The molecular weight excluding hydrogens is 1400 g/mol. The Kier molecular flexibility index (Phi) is 24.8. The number of rotatable bonds is 9. The van der Waals surface area contributed by atoms with Gasteiger partial charge in [0, 0.05) is 119 Å². The third kappa shape index (κ3) is 17.2. The van der Waals surface area contributed by atoms with Gasteiger partial charge in [-0.05, 0) is 96.4 Å². The molecule has 12 rings (SSSR count). The maximum atomic E-state index is 13.2. The molecule has 3 aliphatic rings. The van der Waals surface area contributed by atoms with E-state index in [1.807, 2.05) is 35.8 Å². The van der Waals surface area contributed by atoms with Gasteiger partial charge >= 0.3 is 23.9 Å². The number of fused-ring (bicyclic) bond motifs is 3. The molecule has 0 radical (unpaired) electrons. The summed E-state index contributed by atoms with van der Waals surface area (Å²) in [5.74, 6) is -2.74. The fourth-order valence-corrected chi connectivity index (χ4v) is 13.1. The summed E-state index contributed by atoms with van der Waals surface area (Å²) < 4.78 is 52.4. The third-order valence-corrected chi connectivity index (χ3v) is 18.3. The van der Waals surface area contributed by atoms with E-state index in [9.17, 15) is 64.2 Å². The van der Waals surface area contributed by atoms with E-state index in [1.54, 1.807) is 72.8 Å². The van der Waals surface area contributed by atoms with E-state index in [2.05, 4.69) is 30.5 Å². The average Bonchev–Trinajstić information content (AvgIpc) is 0.760. The fraction of sp³-hybridized carbons (Fsp3) is 0.310. The number of phenolic OH excluding ortho intramolecular Hbond substituents is 5. The highest BCUT2D eigenvalue weighted by molar-refractivity contribution is 6.61. The molecule has 0 amide bonds. The Bertz CT molecular complexity index is 4770. The van der Waals surface area contributed by atoms with Gasteiger partial charge in [-0.3, -0.25) is 14.4 Å². The summed E-state index contributed by atoms with van der Waals surface area (Å²) in [6.45, 7) is 3.12. The number of likely N-dealkylation sites (N-methyl/N-ethyl adjacent to an activating group) is 3. The summed E-state index contributed by atoms with van der Waals surface area (Å²) in [6.07, 6.45) is -3.43. The van der Waals surface area contributed by atoms with Crippen molar-refractivity contribution in [2.24, 2.45) is 0 Å². The molecule has 0 spiro atoms. The molecule has 534 valence electrons. The van der Waals surface area contributed by atoms with Crippen molar-refractivity contribution in [3.63, 3.8) is 0 Å². The highest BCUT2D eigenvalue weighted by atomic mass is 35.5. The van der Waals surface area contributed by atoms with Crippen molar-refractivity contribution < 1.29 is 96.2 Å². The van der Waals surface area contributed by atoms with Gasteiger partial charge in [0.25, 0.3) is 0 Å². The summed E-state index contributed by atoms with van der Waals surface area (Å²) in [5, 5.41) is 64.3. The number of aliphatic hydroxyl groups is 1. The molecular formula is C71H69Cl4N3O23. The summed E-state index contributed by atoms with van der Waals surface area (Å²) in [4.78, 5) is 90.1. The number of methoxy groups -OCH3 is 4. The topological polar surface area (TPSA) is 355 Å². The highest BCUT2D eigenvalue weighted by Crippen LogP contribution is 2.48. The van der Waals surface area contributed by atoms with Gasteiger partial charge in [-0.15, -0.1) is 0 Å². The van der Waals surface area contributed by atoms with Gasteiger partial charge in [-0.25, -0.2) is 19.2 Å². The lowest BCUT2D eigenvalue weighted by Crippen LogP contribution is -2.43. The Balaban J connectivity index is 0.000000172. The molecule has 0 aliphatic carbocycles. The molecule has 6 N–H and O–H groups in total. The SMILES string of the molecule is CN1CC[C@H](c2c(O)cc(O)c3c(=O)cc(-c4ccccc4Cl)oc23)[C@H](O)C1.COC(=O)Cl.COC(=O)O[C@@H]1CN(C)CC[C@@H]1c1c(O)cc(O)c2c(=O)cc(-c3ccccc3Cl)oc12.COC(=O)Oc1cc(O)c2c(=O)cc(-c3ccccc3Cl)oc2c1[C@H]1CCN(C)C[C@H]1OC(=O)OC. The van der Waals surface area contributed by atoms with Gasteiger partial charge in [-0.1, -0.05) is 71.2 Å². The molecule has 9 aromatic rings. The summed E-state index contributed by atoms with van der Waals surface area (Å²) in [7, 11) is 10.4. The zero-order chi connectivity index (χ0) is 73.3. The molecule has 3 aliphatic heterocycles. The van der Waals surface area contributed by atoms with E-state index in [0.29, 0.717) is 89.3 Å². The third-order valence-electron chi connectivity index (χ3n) is 17.2. The van der Waals surface area contributed by atoms with Crippen molar-refractivity contribution in [3.05, 3.63) is 172 Å². The number of ether oxygens (including phenoxy) is 7. The summed E-state index contributed by atoms with van der Waals surface area (Å²) >= 11 is 23.5. The molecule has 0 bridgehead atoms. The Labute approximate surface area is 595 Å². The number of aliphatic hydroxyl groups excluding tert-OH is 1. The van der Waals surface area contributed by atoms with Crippen molar-refractivity contribution in [3.8, 4) is 68.5 Å². The first-order valence-electron chi connectivity index (χ1n) is 31.0. The average molecular weight is 1470 g/mol. The van der Waals surface area contributed by atoms with Crippen LogP contribution in [0, 0.1) is 0 Å². The molecule has 6 atom stereocenters. The highest BCUT2D eigenvalue weighted by Gasteiger charge is 2.40. The van der Waals surface area contributed by atoms with Crippen LogP contribution in [0.3, 0.4) is 0 Å². The lowest BCUT2D eigenvalue weighted by Gasteiger charge is -2.36. The van der Waals surface area contributed by atoms with E-state index in [1.165, 1.54) is 39.5 Å². The van der Waals surface area contributed by atoms with E-state index in [0.717, 1.165) is 31.9 Å². The number of nitrogens with zero attached hydrogens (tertiary/aromatic N) is 3. The van der Waals surface area contributed by atoms with Gasteiger partial charge in [0.15, 0.2) is 16.3 Å². The van der Waals surface area contributed by atoms with Crippen LogP contribution in [0.2, 0.25) is 15.1 Å². The van der Waals surface area contributed by atoms with Gasteiger partial charge in [0.1, 0.15) is 96.9 Å². The number of phenols is 5. The molecule has 3 saturated heterocycles. The number of halogens is 4. The Morgan fingerprint density at radius 3 is 1.13 bits per heavy atom. The van der Waals surface area contributed by atoms with Crippen molar-refractivity contribution in [1.82, 2.24) is 14.7 Å². The largest absolute Gasteiger partial charge is 0.513 e. The van der Waals surface area contributed by atoms with Crippen LogP contribution < -0.4 is 21.0 Å². The molecule has 6 heterocycles. The second-order valence-electron chi connectivity index (χ2n) is 23.7. The molecule has 0 saturated carbocycles. The standard InChI is InChI=1S/C25H24ClNO9.C23H22ClNO7.C21H20ClNO5.C2H3ClO2/c1-27-9-8-14(20(12-27)36-25(31)33-3)21-19(35-24(30)32-2)11-17(29)22-16(28)10-18(34-23(21)22)13-6-4-5-7-15(13)26;1-25-8-7-13(19(11-25)32-23(29)30-2)20-15(26)9-16(27)21-17(28)10-18(31-22(20)21)12-5-3-4-6-14(12)24;1-23-7-6-12(17(27)10-23)19-14(24)8-15(25)20-16(26)9-18(28-21(19)20)11-4-2-3-5-13(11)22;1-5-2(3)4/h4-7,10-11,14,20,29H,8-9,12H2,1-3H3;3-6,9-10,13,19,26-27H,7-8,11H2,1-2H3;2-5,8-9,12,17,24-25,27H,6-7,10H2,1H3;1H3/t14-,20+;13-,19+;12-,17+;/m000./s1. The number of aromatic hydroxyl groups is 5. The molecule has 101 heavy (non-hydrogen) atoms.